The summed E-state index contributed by atoms with van der Waals surface area (Å²) in [5.74, 6) is 0.105. The standard InChI is InChI=1S/C12H19BrN2OS/c1-12(2,14)7-11(16)15(3)5-4-10-6-9(13)8-17-10/h6,8H,4-5,7,14H2,1-3H3. The fraction of sp³-hybridized carbons (Fsp3) is 0.583. The fourth-order valence-corrected chi connectivity index (χ4v) is 2.86. The molecule has 1 aromatic heterocycles. The van der Waals surface area contributed by atoms with Crippen molar-refractivity contribution < 1.29 is 4.79 Å². The van der Waals surface area contributed by atoms with E-state index in [1.165, 1.54) is 4.88 Å². The van der Waals surface area contributed by atoms with Crippen LogP contribution in [0.15, 0.2) is 15.9 Å². The number of halogens is 1. The van der Waals surface area contributed by atoms with Gasteiger partial charge < -0.3 is 10.6 Å². The van der Waals surface area contributed by atoms with Crippen molar-refractivity contribution in [1.29, 1.82) is 0 Å². The molecule has 1 rings (SSSR count). The van der Waals surface area contributed by atoms with Crippen LogP contribution in [0, 0.1) is 0 Å². The normalized spacial score (nSPS) is 11.6. The summed E-state index contributed by atoms with van der Waals surface area (Å²) < 4.78 is 1.11. The first-order valence-electron chi connectivity index (χ1n) is 5.54. The van der Waals surface area contributed by atoms with Crippen LogP contribution in [0.1, 0.15) is 25.1 Å². The van der Waals surface area contributed by atoms with Gasteiger partial charge in [-0.25, -0.2) is 0 Å². The van der Waals surface area contributed by atoms with E-state index in [1.54, 1.807) is 16.2 Å². The molecule has 3 nitrogen and oxygen atoms in total. The van der Waals surface area contributed by atoms with E-state index in [-0.39, 0.29) is 5.91 Å². The number of hydrogen-bond donors (Lipinski definition) is 1. The van der Waals surface area contributed by atoms with Gasteiger partial charge in [0.1, 0.15) is 0 Å². The number of carbonyl (C=O) groups excluding carboxylic acids is 1. The Labute approximate surface area is 115 Å². The van der Waals surface area contributed by atoms with Crippen molar-refractivity contribution in [3.63, 3.8) is 0 Å². The average molecular weight is 319 g/mol. The van der Waals surface area contributed by atoms with E-state index in [2.05, 4.69) is 27.4 Å². The van der Waals surface area contributed by atoms with E-state index in [4.69, 9.17) is 5.73 Å². The van der Waals surface area contributed by atoms with Crippen LogP contribution in [0.3, 0.4) is 0 Å². The summed E-state index contributed by atoms with van der Waals surface area (Å²) in [7, 11) is 1.83. The summed E-state index contributed by atoms with van der Waals surface area (Å²) >= 11 is 5.13. The average Bonchev–Trinajstić information content (AvgIpc) is 2.58. The monoisotopic (exact) mass is 318 g/mol. The molecule has 1 amide bonds. The minimum absolute atomic E-state index is 0.105. The molecular formula is C12H19BrN2OS. The summed E-state index contributed by atoms with van der Waals surface area (Å²) in [5.41, 5.74) is 5.40. The molecule has 0 aliphatic heterocycles. The molecule has 0 spiro atoms. The van der Waals surface area contributed by atoms with Gasteiger partial charge in [-0.05, 0) is 42.3 Å². The lowest BCUT2D eigenvalue weighted by molar-refractivity contribution is -0.130. The van der Waals surface area contributed by atoms with Crippen LogP contribution in [-0.2, 0) is 11.2 Å². The highest BCUT2D eigenvalue weighted by atomic mass is 79.9. The van der Waals surface area contributed by atoms with Crippen LogP contribution in [0.25, 0.3) is 0 Å². The maximum absolute atomic E-state index is 11.8. The molecule has 0 radical (unpaired) electrons. The fourth-order valence-electron chi connectivity index (χ4n) is 1.41. The van der Waals surface area contributed by atoms with Gasteiger partial charge in [0.15, 0.2) is 0 Å². The Morgan fingerprint density at radius 3 is 2.71 bits per heavy atom. The predicted molar refractivity (Wildman–Crippen MR) is 76.2 cm³/mol. The summed E-state index contributed by atoms with van der Waals surface area (Å²) in [4.78, 5) is 14.9. The van der Waals surface area contributed by atoms with Crippen molar-refractivity contribution in [3.05, 3.63) is 20.8 Å². The summed E-state index contributed by atoms with van der Waals surface area (Å²) in [5, 5.41) is 2.06. The molecule has 0 saturated heterocycles. The highest BCUT2D eigenvalue weighted by molar-refractivity contribution is 9.10. The van der Waals surface area contributed by atoms with Gasteiger partial charge in [0.2, 0.25) is 5.91 Å². The minimum Gasteiger partial charge on any atom is -0.345 e. The predicted octanol–water partition coefficient (Wildman–Crippen LogP) is 2.64. The van der Waals surface area contributed by atoms with Crippen LogP contribution in [0.5, 0.6) is 0 Å². The molecule has 1 aromatic rings. The van der Waals surface area contributed by atoms with Gasteiger partial charge in [-0.1, -0.05) is 0 Å². The number of carbonyl (C=O) groups is 1. The number of hydrogen-bond acceptors (Lipinski definition) is 3. The van der Waals surface area contributed by atoms with E-state index < -0.39 is 5.54 Å². The smallest absolute Gasteiger partial charge is 0.224 e. The van der Waals surface area contributed by atoms with Crippen LogP contribution >= 0.6 is 27.3 Å². The molecule has 0 aromatic carbocycles. The third kappa shape index (κ3) is 5.66. The molecule has 17 heavy (non-hydrogen) atoms. The molecule has 2 N–H and O–H groups in total. The number of likely N-dealkylation sites (N-methyl/N-ethyl adjacent to an activating group) is 1. The molecule has 0 bridgehead atoms. The Morgan fingerprint density at radius 2 is 2.24 bits per heavy atom. The summed E-state index contributed by atoms with van der Waals surface area (Å²) in [6.45, 7) is 4.48. The molecule has 0 atom stereocenters. The third-order valence-corrected chi connectivity index (χ3v) is 4.11. The third-order valence-electron chi connectivity index (χ3n) is 2.35. The Hall–Kier alpha value is -0.390. The second-order valence-corrected chi connectivity index (χ2v) is 6.87. The maximum Gasteiger partial charge on any atom is 0.224 e. The van der Waals surface area contributed by atoms with Crippen molar-refractivity contribution in [2.45, 2.75) is 32.2 Å². The van der Waals surface area contributed by atoms with Crippen LogP contribution in [0.4, 0.5) is 0 Å². The summed E-state index contributed by atoms with van der Waals surface area (Å²) in [6, 6.07) is 2.09. The Balaban J connectivity index is 2.39. The Bertz CT molecular complexity index is 384. The molecular weight excluding hydrogens is 300 g/mol. The Morgan fingerprint density at radius 1 is 1.59 bits per heavy atom. The van der Waals surface area contributed by atoms with Gasteiger partial charge in [-0.2, -0.15) is 0 Å². The lowest BCUT2D eigenvalue weighted by Crippen LogP contribution is -2.40. The molecule has 1 heterocycles. The molecule has 96 valence electrons. The molecule has 0 aliphatic carbocycles. The zero-order valence-electron chi connectivity index (χ0n) is 10.5. The van der Waals surface area contributed by atoms with Gasteiger partial charge >= 0.3 is 0 Å². The molecule has 0 aliphatic rings. The minimum atomic E-state index is -0.433. The lowest BCUT2D eigenvalue weighted by atomic mass is 10.0. The highest BCUT2D eigenvalue weighted by Crippen LogP contribution is 2.20. The first-order valence-corrected chi connectivity index (χ1v) is 7.21. The van der Waals surface area contributed by atoms with Crippen molar-refractivity contribution in [2.75, 3.05) is 13.6 Å². The quantitative estimate of drug-likeness (QED) is 0.907. The van der Waals surface area contributed by atoms with Gasteiger partial charge in [-0.15, -0.1) is 11.3 Å². The van der Waals surface area contributed by atoms with E-state index >= 15 is 0 Å². The van der Waals surface area contributed by atoms with E-state index in [0.29, 0.717) is 6.42 Å². The second-order valence-electron chi connectivity index (χ2n) is 4.96. The first-order chi connectivity index (χ1) is 7.78. The van der Waals surface area contributed by atoms with Gasteiger partial charge in [0, 0.05) is 40.3 Å². The number of rotatable bonds is 5. The zero-order valence-corrected chi connectivity index (χ0v) is 12.9. The van der Waals surface area contributed by atoms with Crippen LogP contribution in [0.2, 0.25) is 0 Å². The zero-order chi connectivity index (χ0) is 13.1. The number of amides is 1. The van der Waals surface area contributed by atoms with Gasteiger partial charge in [0.05, 0.1) is 0 Å². The van der Waals surface area contributed by atoms with Gasteiger partial charge in [-0.3, -0.25) is 4.79 Å². The molecule has 0 fully saturated rings. The molecule has 0 unspecified atom stereocenters. The van der Waals surface area contributed by atoms with Crippen molar-refractivity contribution >= 4 is 33.2 Å². The molecule has 0 saturated carbocycles. The van der Waals surface area contributed by atoms with Gasteiger partial charge in [0.25, 0.3) is 0 Å². The number of thiophene rings is 1. The lowest BCUT2D eigenvalue weighted by Gasteiger charge is -2.23. The topological polar surface area (TPSA) is 46.3 Å². The van der Waals surface area contributed by atoms with Crippen molar-refractivity contribution in [1.82, 2.24) is 4.90 Å². The van der Waals surface area contributed by atoms with E-state index in [0.717, 1.165) is 17.4 Å². The second kappa shape index (κ2) is 5.98. The number of nitrogens with two attached hydrogens (primary N) is 1. The SMILES string of the molecule is CN(CCc1cc(Br)cs1)C(=O)CC(C)(C)N. The Kier molecular flexibility index (Phi) is 5.16. The van der Waals surface area contributed by atoms with Crippen LogP contribution < -0.4 is 5.73 Å². The van der Waals surface area contributed by atoms with Crippen LogP contribution in [-0.4, -0.2) is 29.9 Å². The van der Waals surface area contributed by atoms with Crippen molar-refractivity contribution in [2.24, 2.45) is 5.73 Å². The largest absolute Gasteiger partial charge is 0.345 e. The summed E-state index contributed by atoms with van der Waals surface area (Å²) in [6.07, 6.45) is 1.28. The number of nitrogens with zero attached hydrogens (tertiary/aromatic N) is 1. The first kappa shape index (κ1) is 14.7. The van der Waals surface area contributed by atoms with E-state index in [9.17, 15) is 4.79 Å². The highest BCUT2D eigenvalue weighted by Gasteiger charge is 2.19. The molecule has 5 heteroatoms. The van der Waals surface area contributed by atoms with Crippen molar-refractivity contribution in [3.8, 4) is 0 Å². The van der Waals surface area contributed by atoms with E-state index in [1.807, 2.05) is 20.9 Å². The maximum atomic E-state index is 11.8.